The molecule has 0 radical (unpaired) electrons. The van der Waals surface area contributed by atoms with E-state index in [9.17, 15) is 4.39 Å². The molecule has 136 valence electrons. The first-order chi connectivity index (χ1) is 13.1. The van der Waals surface area contributed by atoms with E-state index >= 15 is 0 Å². The molecule has 7 nitrogen and oxygen atoms in total. The molecule has 2 N–H and O–H groups in total. The summed E-state index contributed by atoms with van der Waals surface area (Å²) in [6.07, 6.45) is 1.49. The van der Waals surface area contributed by atoms with Crippen molar-refractivity contribution in [1.29, 1.82) is 0 Å². The lowest BCUT2D eigenvalue weighted by Crippen LogP contribution is -2.22. The van der Waals surface area contributed by atoms with E-state index in [1.165, 1.54) is 0 Å². The van der Waals surface area contributed by atoms with E-state index in [0.717, 1.165) is 16.7 Å². The summed E-state index contributed by atoms with van der Waals surface area (Å²) < 4.78 is 15.2. The van der Waals surface area contributed by atoms with Gasteiger partial charge in [0.05, 0.1) is 35.2 Å². The monoisotopic (exact) mass is 363 g/mol. The fourth-order valence-electron chi connectivity index (χ4n) is 3.51. The maximum Gasteiger partial charge on any atom is 0.177 e. The van der Waals surface area contributed by atoms with Crippen molar-refractivity contribution in [2.75, 3.05) is 23.7 Å². The number of rotatable bonds is 2. The topological polar surface area (TPSA) is 85.2 Å². The number of benzene rings is 1. The van der Waals surface area contributed by atoms with Crippen molar-refractivity contribution in [3.8, 4) is 11.4 Å². The number of aromatic nitrogens is 5. The van der Waals surface area contributed by atoms with Gasteiger partial charge in [0.1, 0.15) is 17.6 Å². The second-order valence-electron chi connectivity index (χ2n) is 6.83. The van der Waals surface area contributed by atoms with Crippen LogP contribution >= 0.6 is 0 Å². The number of para-hydroxylation sites is 2. The minimum Gasteiger partial charge on any atom is -0.396 e. The van der Waals surface area contributed by atoms with E-state index < -0.39 is 6.17 Å². The Hall–Kier alpha value is -3.29. The molecule has 1 aromatic carbocycles. The lowest BCUT2D eigenvalue weighted by Gasteiger charge is -2.16. The van der Waals surface area contributed by atoms with Crippen LogP contribution in [-0.2, 0) is 0 Å². The molecule has 0 spiro atoms. The van der Waals surface area contributed by atoms with Crippen molar-refractivity contribution >= 4 is 28.2 Å². The van der Waals surface area contributed by atoms with Crippen molar-refractivity contribution in [2.45, 2.75) is 19.5 Å². The summed E-state index contributed by atoms with van der Waals surface area (Å²) in [6, 6.07) is 9.48. The standard InChI is InChI=1S/C19H18FN7/c1-11-18(23-15-5-3-2-4-14(15)22-11)16-10-27-19(24-16)13(21)8-17(25-27)26-7-6-12(20)9-26/h2-5,8,10,12H,6-7,9,21H2,1H3/t12-/m1/s1. The minimum atomic E-state index is -0.822. The van der Waals surface area contributed by atoms with E-state index in [2.05, 4.69) is 15.1 Å². The van der Waals surface area contributed by atoms with Gasteiger partial charge in [-0.2, -0.15) is 0 Å². The number of hydrogen-bond donors (Lipinski definition) is 1. The van der Waals surface area contributed by atoms with Crippen molar-refractivity contribution in [3.63, 3.8) is 0 Å². The highest BCUT2D eigenvalue weighted by Gasteiger charge is 2.24. The molecule has 0 aliphatic carbocycles. The average Bonchev–Trinajstić information content (AvgIpc) is 3.27. The Morgan fingerprint density at radius 3 is 2.67 bits per heavy atom. The van der Waals surface area contributed by atoms with Crippen LogP contribution in [0.5, 0.6) is 0 Å². The second-order valence-corrected chi connectivity index (χ2v) is 6.83. The molecule has 0 saturated carbocycles. The van der Waals surface area contributed by atoms with Crippen molar-refractivity contribution in [1.82, 2.24) is 24.6 Å². The molecule has 1 aliphatic rings. The quantitative estimate of drug-likeness (QED) is 0.589. The van der Waals surface area contributed by atoms with Crippen LogP contribution in [0, 0.1) is 6.92 Å². The number of nitrogens with zero attached hydrogens (tertiary/aromatic N) is 6. The molecule has 0 bridgehead atoms. The van der Waals surface area contributed by atoms with Crippen molar-refractivity contribution in [2.24, 2.45) is 0 Å². The highest BCUT2D eigenvalue weighted by molar-refractivity contribution is 5.79. The Kier molecular flexibility index (Phi) is 3.46. The van der Waals surface area contributed by atoms with E-state index in [1.807, 2.05) is 36.1 Å². The maximum absolute atomic E-state index is 13.5. The molecule has 8 heteroatoms. The molecule has 0 unspecified atom stereocenters. The molecule has 1 aliphatic heterocycles. The number of nitrogen functional groups attached to an aromatic ring is 1. The van der Waals surface area contributed by atoms with Gasteiger partial charge in [-0.1, -0.05) is 12.1 Å². The zero-order valence-electron chi connectivity index (χ0n) is 14.8. The second kappa shape index (κ2) is 5.87. The third-order valence-corrected chi connectivity index (χ3v) is 4.88. The van der Waals surface area contributed by atoms with Crippen LogP contribution in [0.4, 0.5) is 15.9 Å². The summed E-state index contributed by atoms with van der Waals surface area (Å²) >= 11 is 0. The first-order valence-electron chi connectivity index (χ1n) is 8.87. The van der Waals surface area contributed by atoms with Gasteiger partial charge in [-0.05, 0) is 25.5 Å². The van der Waals surface area contributed by atoms with Crippen LogP contribution in [0.25, 0.3) is 28.1 Å². The average molecular weight is 363 g/mol. The lowest BCUT2D eigenvalue weighted by atomic mass is 10.2. The molecule has 1 fully saturated rings. The Bertz CT molecular complexity index is 1170. The molecular formula is C19H18FN7. The van der Waals surface area contributed by atoms with Gasteiger partial charge in [0.25, 0.3) is 0 Å². The van der Waals surface area contributed by atoms with Crippen LogP contribution < -0.4 is 10.6 Å². The van der Waals surface area contributed by atoms with E-state index in [0.29, 0.717) is 48.1 Å². The first-order valence-corrected chi connectivity index (χ1v) is 8.87. The molecule has 27 heavy (non-hydrogen) atoms. The summed E-state index contributed by atoms with van der Waals surface area (Å²) in [5, 5.41) is 4.58. The number of fused-ring (bicyclic) bond motifs is 2. The molecule has 4 aromatic rings. The van der Waals surface area contributed by atoms with Gasteiger partial charge in [0.2, 0.25) is 0 Å². The smallest absolute Gasteiger partial charge is 0.177 e. The summed E-state index contributed by atoms with van der Waals surface area (Å²) in [6.45, 7) is 2.89. The third kappa shape index (κ3) is 2.64. The summed E-state index contributed by atoms with van der Waals surface area (Å²) in [4.78, 5) is 15.9. The van der Waals surface area contributed by atoms with Crippen LogP contribution in [0.2, 0.25) is 0 Å². The van der Waals surface area contributed by atoms with Gasteiger partial charge < -0.3 is 10.6 Å². The fraction of sp³-hybridized carbons (Fsp3) is 0.263. The number of aryl methyl sites for hydroxylation is 1. The highest BCUT2D eigenvalue weighted by atomic mass is 19.1. The molecule has 1 saturated heterocycles. The normalized spacial score (nSPS) is 17.3. The van der Waals surface area contributed by atoms with Crippen molar-refractivity contribution in [3.05, 3.63) is 42.2 Å². The zero-order valence-corrected chi connectivity index (χ0v) is 14.8. The Balaban J connectivity index is 1.62. The summed E-state index contributed by atoms with van der Waals surface area (Å²) in [5.41, 5.74) is 11.1. The molecule has 3 aromatic heterocycles. The zero-order chi connectivity index (χ0) is 18.5. The van der Waals surface area contributed by atoms with Gasteiger partial charge in [-0.25, -0.2) is 23.9 Å². The number of imidazole rings is 1. The maximum atomic E-state index is 13.5. The number of nitrogens with two attached hydrogens (primary N) is 1. The van der Waals surface area contributed by atoms with Gasteiger partial charge >= 0.3 is 0 Å². The van der Waals surface area contributed by atoms with Gasteiger partial charge in [-0.3, -0.25) is 0 Å². The Morgan fingerprint density at radius 2 is 1.93 bits per heavy atom. The molecule has 0 amide bonds. The van der Waals surface area contributed by atoms with E-state index in [-0.39, 0.29) is 0 Å². The summed E-state index contributed by atoms with van der Waals surface area (Å²) in [7, 11) is 0. The van der Waals surface area contributed by atoms with Crippen molar-refractivity contribution < 1.29 is 4.39 Å². The highest BCUT2D eigenvalue weighted by Crippen LogP contribution is 2.27. The fourth-order valence-corrected chi connectivity index (χ4v) is 3.51. The van der Waals surface area contributed by atoms with Gasteiger partial charge in [-0.15, -0.1) is 5.10 Å². The summed E-state index contributed by atoms with van der Waals surface area (Å²) in [5.74, 6) is 0.658. The van der Waals surface area contributed by atoms with Crippen LogP contribution in [-0.4, -0.2) is 43.8 Å². The van der Waals surface area contributed by atoms with Crippen LogP contribution in [0.3, 0.4) is 0 Å². The predicted octanol–water partition coefficient (Wildman–Crippen LogP) is 2.78. The third-order valence-electron chi connectivity index (χ3n) is 4.88. The molecule has 4 heterocycles. The Labute approximate surface area is 154 Å². The minimum absolute atomic E-state index is 0.342. The Morgan fingerprint density at radius 1 is 1.15 bits per heavy atom. The number of halogens is 1. The number of alkyl halides is 1. The lowest BCUT2D eigenvalue weighted by molar-refractivity contribution is 0.364. The van der Waals surface area contributed by atoms with Gasteiger partial charge in [0, 0.05) is 12.6 Å². The van der Waals surface area contributed by atoms with Crippen LogP contribution in [0.15, 0.2) is 36.5 Å². The largest absolute Gasteiger partial charge is 0.396 e. The van der Waals surface area contributed by atoms with E-state index in [4.69, 9.17) is 10.7 Å². The molecule has 1 atom stereocenters. The number of hydrogen-bond acceptors (Lipinski definition) is 6. The molecular weight excluding hydrogens is 345 g/mol. The SMILES string of the molecule is Cc1nc2ccccc2nc1-c1cn2nc(N3CC[C@@H](F)C3)cc(N)c2n1. The van der Waals surface area contributed by atoms with Gasteiger partial charge in [0.15, 0.2) is 11.5 Å². The van der Waals surface area contributed by atoms with E-state index in [1.54, 1.807) is 16.8 Å². The first kappa shape index (κ1) is 15.9. The number of anilines is 2. The molecule has 5 rings (SSSR count). The predicted molar refractivity (Wildman–Crippen MR) is 102 cm³/mol. The van der Waals surface area contributed by atoms with Crippen LogP contribution in [0.1, 0.15) is 12.1 Å².